The Kier molecular flexibility index (Phi) is 4.10. The highest BCUT2D eigenvalue weighted by Gasteiger charge is 2.09. The van der Waals surface area contributed by atoms with Gasteiger partial charge in [-0.15, -0.1) is 0 Å². The van der Waals surface area contributed by atoms with Gasteiger partial charge in [-0.3, -0.25) is 4.68 Å². The monoisotopic (exact) mass is 197 g/mol. The predicted octanol–water partition coefficient (Wildman–Crippen LogP) is 0.934. The van der Waals surface area contributed by atoms with Crippen molar-refractivity contribution in [1.82, 2.24) is 15.1 Å². The van der Waals surface area contributed by atoms with Crippen LogP contribution in [0.2, 0.25) is 0 Å². The molecule has 0 fully saturated rings. The Balaban J connectivity index is 2.47. The van der Waals surface area contributed by atoms with Crippen molar-refractivity contribution in [3.63, 3.8) is 0 Å². The molecule has 1 aromatic heterocycles. The third kappa shape index (κ3) is 3.12. The zero-order valence-corrected chi connectivity index (χ0v) is 9.07. The SMILES string of the molecule is CCn1cc(C(O)CNC(C)C)cn1. The normalized spacial score (nSPS) is 13.5. The summed E-state index contributed by atoms with van der Waals surface area (Å²) >= 11 is 0. The molecule has 14 heavy (non-hydrogen) atoms. The van der Waals surface area contributed by atoms with Crippen LogP contribution in [0.5, 0.6) is 0 Å². The van der Waals surface area contributed by atoms with E-state index in [1.54, 1.807) is 6.20 Å². The maximum atomic E-state index is 9.76. The average Bonchev–Trinajstić information content (AvgIpc) is 2.62. The summed E-state index contributed by atoms with van der Waals surface area (Å²) in [5, 5.41) is 17.1. The highest BCUT2D eigenvalue weighted by molar-refractivity contribution is 5.08. The van der Waals surface area contributed by atoms with Crippen molar-refractivity contribution in [2.24, 2.45) is 0 Å². The van der Waals surface area contributed by atoms with Crippen molar-refractivity contribution < 1.29 is 5.11 Å². The molecule has 0 amide bonds. The lowest BCUT2D eigenvalue weighted by Crippen LogP contribution is -2.27. The van der Waals surface area contributed by atoms with Gasteiger partial charge in [-0.1, -0.05) is 13.8 Å². The molecule has 0 saturated heterocycles. The standard InChI is InChI=1S/C10H19N3O/c1-4-13-7-9(5-12-13)10(14)6-11-8(2)3/h5,7-8,10-11,14H,4,6H2,1-3H3. The third-order valence-electron chi connectivity index (χ3n) is 2.08. The van der Waals surface area contributed by atoms with Crippen molar-refractivity contribution >= 4 is 0 Å². The predicted molar refractivity (Wildman–Crippen MR) is 56.0 cm³/mol. The molecule has 80 valence electrons. The lowest BCUT2D eigenvalue weighted by Gasteiger charge is -2.12. The molecule has 0 aliphatic carbocycles. The van der Waals surface area contributed by atoms with Crippen LogP contribution < -0.4 is 5.32 Å². The number of nitrogens with zero attached hydrogens (tertiary/aromatic N) is 2. The molecule has 4 nitrogen and oxygen atoms in total. The first kappa shape index (κ1) is 11.2. The molecule has 0 spiro atoms. The van der Waals surface area contributed by atoms with E-state index in [4.69, 9.17) is 0 Å². The Hall–Kier alpha value is -0.870. The van der Waals surface area contributed by atoms with Gasteiger partial charge in [-0.2, -0.15) is 5.10 Å². The van der Waals surface area contributed by atoms with Crippen molar-refractivity contribution in [3.05, 3.63) is 18.0 Å². The Morgan fingerprint density at radius 2 is 2.29 bits per heavy atom. The molecule has 0 aromatic carbocycles. The first-order valence-electron chi connectivity index (χ1n) is 5.07. The van der Waals surface area contributed by atoms with Gasteiger partial charge in [0, 0.05) is 30.9 Å². The highest BCUT2D eigenvalue weighted by atomic mass is 16.3. The second-order valence-electron chi connectivity index (χ2n) is 3.71. The van der Waals surface area contributed by atoms with Crippen molar-refractivity contribution in [3.8, 4) is 0 Å². The van der Waals surface area contributed by atoms with E-state index in [0.717, 1.165) is 12.1 Å². The summed E-state index contributed by atoms with van der Waals surface area (Å²) in [7, 11) is 0. The fourth-order valence-corrected chi connectivity index (χ4v) is 1.19. The van der Waals surface area contributed by atoms with Gasteiger partial charge in [-0.05, 0) is 6.92 Å². The van der Waals surface area contributed by atoms with Crippen molar-refractivity contribution in [2.75, 3.05) is 6.54 Å². The minimum atomic E-state index is -0.460. The largest absolute Gasteiger partial charge is 0.387 e. The maximum Gasteiger partial charge on any atom is 0.0944 e. The van der Waals surface area contributed by atoms with Gasteiger partial charge in [0.25, 0.3) is 0 Å². The minimum absolute atomic E-state index is 0.394. The van der Waals surface area contributed by atoms with Gasteiger partial charge in [0.15, 0.2) is 0 Å². The minimum Gasteiger partial charge on any atom is -0.387 e. The first-order chi connectivity index (χ1) is 6.63. The van der Waals surface area contributed by atoms with Crippen molar-refractivity contribution in [1.29, 1.82) is 0 Å². The summed E-state index contributed by atoms with van der Waals surface area (Å²) < 4.78 is 1.81. The molecule has 4 heteroatoms. The molecule has 1 atom stereocenters. The van der Waals surface area contributed by atoms with Gasteiger partial charge in [-0.25, -0.2) is 0 Å². The van der Waals surface area contributed by atoms with E-state index in [-0.39, 0.29) is 0 Å². The van der Waals surface area contributed by atoms with E-state index in [1.165, 1.54) is 0 Å². The Morgan fingerprint density at radius 3 is 2.79 bits per heavy atom. The van der Waals surface area contributed by atoms with E-state index in [2.05, 4.69) is 24.3 Å². The summed E-state index contributed by atoms with van der Waals surface area (Å²) in [6.45, 7) is 7.55. The molecule has 0 saturated carbocycles. The molecule has 0 aliphatic rings. The Labute approximate surface area is 84.9 Å². The van der Waals surface area contributed by atoms with E-state index >= 15 is 0 Å². The second-order valence-corrected chi connectivity index (χ2v) is 3.71. The number of aliphatic hydroxyl groups excluding tert-OH is 1. The van der Waals surface area contributed by atoms with Crippen LogP contribution in [0.4, 0.5) is 0 Å². The lowest BCUT2D eigenvalue weighted by molar-refractivity contribution is 0.171. The van der Waals surface area contributed by atoms with E-state index in [0.29, 0.717) is 12.6 Å². The third-order valence-corrected chi connectivity index (χ3v) is 2.08. The molecule has 0 radical (unpaired) electrons. The smallest absolute Gasteiger partial charge is 0.0944 e. The van der Waals surface area contributed by atoms with Crippen LogP contribution in [0.1, 0.15) is 32.4 Å². The zero-order chi connectivity index (χ0) is 10.6. The number of rotatable bonds is 5. The number of hydrogen-bond acceptors (Lipinski definition) is 3. The molecule has 2 N–H and O–H groups in total. The van der Waals surface area contributed by atoms with Gasteiger partial charge >= 0.3 is 0 Å². The fraction of sp³-hybridized carbons (Fsp3) is 0.700. The first-order valence-corrected chi connectivity index (χ1v) is 5.07. The van der Waals surface area contributed by atoms with Crippen LogP contribution in [0, 0.1) is 0 Å². The Morgan fingerprint density at radius 1 is 1.57 bits per heavy atom. The number of nitrogens with one attached hydrogen (secondary N) is 1. The average molecular weight is 197 g/mol. The highest BCUT2D eigenvalue weighted by Crippen LogP contribution is 2.10. The van der Waals surface area contributed by atoms with Gasteiger partial charge in [0.05, 0.1) is 12.3 Å². The van der Waals surface area contributed by atoms with Crippen LogP contribution >= 0.6 is 0 Å². The number of aryl methyl sites for hydroxylation is 1. The maximum absolute atomic E-state index is 9.76. The molecule has 1 heterocycles. The zero-order valence-electron chi connectivity index (χ0n) is 9.07. The second kappa shape index (κ2) is 5.12. The van der Waals surface area contributed by atoms with Crippen LogP contribution in [0.3, 0.4) is 0 Å². The molecular weight excluding hydrogens is 178 g/mol. The van der Waals surface area contributed by atoms with Crippen LogP contribution in [-0.2, 0) is 6.54 Å². The topological polar surface area (TPSA) is 50.1 Å². The van der Waals surface area contributed by atoms with Crippen LogP contribution in [0.15, 0.2) is 12.4 Å². The molecule has 1 rings (SSSR count). The summed E-state index contributed by atoms with van der Waals surface area (Å²) in [5.41, 5.74) is 0.875. The molecule has 1 aromatic rings. The number of hydrogen-bond donors (Lipinski definition) is 2. The Bertz CT molecular complexity index is 270. The molecule has 0 bridgehead atoms. The molecule has 0 aliphatic heterocycles. The number of aliphatic hydroxyl groups is 1. The van der Waals surface area contributed by atoms with E-state index in [9.17, 15) is 5.11 Å². The van der Waals surface area contributed by atoms with Gasteiger partial charge in [0.2, 0.25) is 0 Å². The van der Waals surface area contributed by atoms with Crippen molar-refractivity contribution in [2.45, 2.75) is 39.5 Å². The van der Waals surface area contributed by atoms with E-state index < -0.39 is 6.10 Å². The fourth-order valence-electron chi connectivity index (χ4n) is 1.19. The summed E-state index contributed by atoms with van der Waals surface area (Å²) in [4.78, 5) is 0. The summed E-state index contributed by atoms with van der Waals surface area (Å²) in [6.07, 6.45) is 3.14. The summed E-state index contributed by atoms with van der Waals surface area (Å²) in [6, 6.07) is 0.394. The lowest BCUT2D eigenvalue weighted by atomic mass is 10.2. The summed E-state index contributed by atoms with van der Waals surface area (Å²) in [5.74, 6) is 0. The quantitative estimate of drug-likeness (QED) is 0.738. The van der Waals surface area contributed by atoms with Gasteiger partial charge < -0.3 is 10.4 Å². The van der Waals surface area contributed by atoms with E-state index in [1.807, 2.05) is 17.8 Å². The van der Waals surface area contributed by atoms with Crippen LogP contribution in [-0.4, -0.2) is 27.5 Å². The molecule has 1 unspecified atom stereocenters. The molecular formula is C10H19N3O. The number of aromatic nitrogens is 2. The van der Waals surface area contributed by atoms with Gasteiger partial charge in [0.1, 0.15) is 0 Å². The van der Waals surface area contributed by atoms with Crippen LogP contribution in [0.25, 0.3) is 0 Å².